The second-order valence-corrected chi connectivity index (χ2v) is 6.92. The van der Waals surface area contributed by atoms with Gasteiger partial charge in [0.2, 0.25) is 5.91 Å². The maximum Gasteiger partial charge on any atom is 0.257 e. The van der Waals surface area contributed by atoms with Crippen molar-refractivity contribution in [1.29, 1.82) is 0 Å². The van der Waals surface area contributed by atoms with Gasteiger partial charge in [0.15, 0.2) is 5.16 Å². The van der Waals surface area contributed by atoms with E-state index in [1.54, 1.807) is 31.0 Å². The maximum atomic E-state index is 13.0. The first-order chi connectivity index (χ1) is 12.4. The minimum atomic E-state index is -0.305. The number of hydrogen-bond acceptors (Lipinski definition) is 4. The van der Waals surface area contributed by atoms with E-state index in [1.807, 2.05) is 13.8 Å². The van der Waals surface area contributed by atoms with Crippen molar-refractivity contribution in [2.45, 2.75) is 32.3 Å². The van der Waals surface area contributed by atoms with Crippen molar-refractivity contribution in [2.24, 2.45) is 7.05 Å². The first kappa shape index (κ1) is 20.2. The van der Waals surface area contributed by atoms with E-state index in [-0.39, 0.29) is 23.0 Å². The summed E-state index contributed by atoms with van der Waals surface area (Å²) in [6.07, 6.45) is 0.398. The summed E-state index contributed by atoms with van der Waals surface area (Å²) in [5.41, 5.74) is 1.93. The standard InChI is InChI=1S/C19H24FN3O2S/c1-5-23(6-2)17(24)12-26-19-21-13(3)16(18(25)22(19)4)11-14-7-9-15(20)10-8-14/h7-10H,5-6,11-12H2,1-4H3. The van der Waals surface area contributed by atoms with E-state index in [2.05, 4.69) is 4.98 Å². The second kappa shape index (κ2) is 8.98. The van der Waals surface area contributed by atoms with Crippen molar-refractivity contribution in [1.82, 2.24) is 14.5 Å². The van der Waals surface area contributed by atoms with Gasteiger partial charge in [-0.25, -0.2) is 9.37 Å². The highest BCUT2D eigenvalue weighted by Gasteiger charge is 2.16. The first-order valence-electron chi connectivity index (χ1n) is 8.58. The Morgan fingerprint density at radius 3 is 2.42 bits per heavy atom. The molecule has 0 fully saturated rings. The van der Waals surface area contributed by atoms with Gasteiger partial charge in [0.1, 0.15) is 5.82 Å². The number of amides is 1. The molecule has 1 amide bonds. The Bertz CT molecular complexity index is 830. The molecule has 2 rings (SSSR count). The summed E-state index contributed by atoms with van der Waals surface area (Å²) in [6, 6.07) is 6.09. The van der Waals surface area contributed by atoms with Crippen molar-refractivity contribution < 1.29 is 9.18 Å². The highest BCUT2D eigenvalue weighted by Crippen LogP contribution is 2.17. The number of benzene rings is 1. The molecule has 0 radical (unpaired) electrons. The minimum Gasteiger partial charge on any atom is -0.343 e. The number of rotatable bonds is 7. The molecule has 0 spiro atoms. The molecule has 0 saturated carbocycles. The Hall–Kier alpha value is -2.15. The monoisotopic (exact) mass is 377 g/mol. The fourth-order valence-corrected chi connectivity index (χ4v) is 3.58. The van der Waals surface area contributed by atoms with Gasteiger partial charge in [-0.3, -0.25) is 14.2 Å². The summed E-state index contributed by atoms with van der Waals surface area (Å²) in [4.78, 5) is 31.1. The van der Waals surface area contributed by atoms with Crippen LogP contribution in [0.5, 0.6) is 0 Å². The SMILES string of the molecule is CCN(CC)C(=O)CSc1nc(C)c(Cc2ccc(F)cc2)c(=O)n1C. The molecular formula is C19H24FN3O2S. The van der Waals surface area contributed by atoms with Crippen molar-refractivity contribution in [2.75, 3.05) is 18.8 Å². The smallest absolute Gasteiger partial charge is 0.257 e. The van der Waals surface area contributed by atoms with E-state index in [0.29, 0.717) is 35.9 Å². The zero-order valence-corrected chi connectivity index (χ0v) is 16.4. The minimum absolute atomic E-state index is 0.0299. The molecule has 0 unspecified atom stereocenters. The van der Waals surface area contributed by atoms with Gasteiger partial charge < -0.3 is 4.90 Å². The topological polar surface area (TPSA) is 55.2 Å². The van der Waals surface area contributed by atoms with Gasteiger partial charge in [-0.15, -0.1) is 0 Å². The zero-order chi connectivity index (χ0) is 19.3. The fourth-order valence-electron chi connectivity index (χ4n) is 2.66. The summed E-state index contributed by atoms with van der Waals surface area (Å²) in [5.74, 6) is -0.0259. The third-order valence-electron chi connectivity index (χ3n) is 4.28. The molecule has 1 aromatic carbocycles. The summed E-state index contributed by atoms with van der Waals surface area (Å²) >= 11 is 1.27. The highest BCUT2D eigenvalue weighted by atomic mass is 32.2. The predicted molar refractivity (Wildman–Crippen MR) is 102 cm³/mol. The van der Waals surface area contributed by atoms with Crippen LogP contribution in [0.3, 0.4) is 0 Å². The van der Waals surface area contributed by atoms with E-state index in [0.717, 1.165) is 5.56 Å². The molecule has 5 nitrogen and oxygen atoms in total. The average molecular weight is 377 g/mol. The normalized spacial score (nSPS) is 10.8. The van der Waals surface area contributed by atoms with Crippen LogP contribution in [0.4, 0.5) is 4.39 Å². The van der Waals surface area contributed by atoms with E-state index < -0.39 is 0 Å². The molecule has 0 bridgehead atoms. The molecule has 1 aromatic heterocycles. The third kappa shape index (κ3) is 4.72. The van der Waals surface area contributed by atoms with Gasteiger partial charge in [0.25, 0.3) is 5.56 Å². The molecular weight excluding hydrogens is 353 g/mol. The van der Waals surface area contributed by atoms with Gasteiger partial charge in [0.05, 0.1) is 5.75 Å². The lowest BCUT2D eigenvalue weighted by Crippen LogP contribution is -2.32. The van der Waals surface area contributed by atoms with Crippen molar-refractivity contribution in [3.05, 3.63) is 57.3 Å². The van der Waals surface area contributed by atoms with Gasteiger partial charge >= 0.3 is 0 Å². The molecule has 26 heavy (non-hydrogen) atoms. The van der Waals surface area contributed by atoms with E-state index in [9.17, 15) is 14.0 Å². The number of halogens is 1. The molecule has 0 aliphatic carbocycles. The molecule has 140 valence electrons. The molecule has 2 aromatic rings. The van der Waals surface area contributed by atoms with Crippen LogP contribution in [-0.4, -0.2) is 39.2 Å². The molecule has 0 aliphatic heterocycles. The quantitative estimate of drug-likeness (QED) is 0.550. The van der Waals surface area contributed by atoms with Crippen LogP contribution < -0.4 is 5.56 Å². The number of carbonyl (C=O) groups is 1. The van der Waals surface area contributed by atoms with Gasteiger partial charge in [-0.2, -0.15) is 0 Å². The number of aryl methyl sites for hydroxylation is 1. The van der Waals surface area contributed by atoms with Crippen LogP contribution in [0.2, 0.25) is 0 Å². The third-order valence-corrected chi connectivity index (χ3v) is 5.30. The Balaban J connectivity index is 2.20. The van der Waals surface area contributed by atoms with Crippen LogP contribution >= 0.6 is 11.8 Å². The lowest BCUT2D eigenvalue weighted by atomic mass is 10.1. The fraction of sp³-hybridized carbons (Fsp3) is 0.421. The first-order valence-corrected chi connectivity index (χ1v) is 9.57. The Kier molecular flexibility index (Phi) is 6.97. The van der Waals surface area contributed by atoms with Crippen molar-refractivity contribution in [3.8, 4) is 0 Å². The average Bonchev–Trinajstić information content (AvgIpc) is 2.63. The molecule has 7 heteroatoms. The van der Waals surface area contributed by atoms with Crippen LogP contribution in [0.25, 0.3) is 0 Å². The summed E-state index contributed by atoms with van der Waals surface area (Å²) in [5, 5.41) is 0.524. The van der Waals surface area contributed by atoms with Gasteiger partial charge in [-0.05, 0) is 38.5 Å². The lowest BCUT2D eigenvalue weighted by Gasteiger charge is -2.18. The van der Waals surface area contributed by atoms with Crippen molar-refractivity contribution >= 4 is 17.7 Å². The Morgan fingerprint density at radius 2 is 1.85 bits per heavy atom. The largest absolute Gasteiger partial charge is 0.343 e. The van der Waals surface area contributed by atoms with Crippen molar-refractivity contribution in [3.63, 3.8) is 0 Å². The zero-order valence-electron chi connectivity index (χ0n) is 15.6. The summed E-state index contributed by atoms with van der Waals surface area (Å²) in [6.45, 7) is 7.00. The van der Waals surface area contributed by atoms with Gasteiger partial charge in [0, 0.05) is 37.8 Å². The van der Waals surface area contributed by atoms with E-state index >= 15 is 0 Å². The lowest BCUT2D eigenvalue weighted by molar-refractivity contribution is -0.127. The van der Waals surface area contributed by atoms with Crippen LogP contribution in [0.15, 0.2) is 34.2 Å². The number of nitrogens with zero attached hydrogens (tertiary/aromatic N) is 3. The molecule has 0 N–H and O–H groups in total. The molecule has 0 atom stereocenters. The Morgan fingerprint density at radius 1 is 1.23 bits per heavy atom. The number of carbonyl (C=O) groups excluding carboxylic acids is 1. The Labute approximate surface area is 157 Å². The summed E-state index contributed by atoms with van der Waals surface area (Å²) < 4.78 is 14.5. The molecule has 0 saturated heterocycles. The van der Waals surface area contributed by atoms with E-state index in [1.165, 1.54) is 28.5 Å². The number of thioether (sulfide) groups is 1. The highest BCUT2D eigenvalue weighted by molar-refractivity contribution is 7.99. The van der Waals surface area contributed by atoms with E-state index in [4.69, 9.17) is 0 Å². The second-order valence-electron chi connectivity index (χ2n) is 5.98. The maximum absolute atomic E-state index is 13.0. The van der Waals surface area contributed by atoms with Crippen LogP contribution in [-0.2, 0) is 18.3 Å². The molecule has 1 heterocycles. The molecule has 0 aliphatic rings. The van der Waals surface area contributed by atoms with Gasteiger partial charge in [-0.1, -0.05) is 23.9 Å². The summed E-state index contributed by atoms with van der Waals surface area (Å²) in [7, 11) is 1.66. The van der Waals surface area contributed by atoms with Crippen LogP contribution in [0.1, 0.15) is 30.7 Å². The van der Waals surface area contributed by atoms with Crippen LogP contribution in [0, 0.1) is 12.7 Å². The number of aromatic nitrogens is 2. The predicted octanol–water partition coefficient (Wildman–Crippen LogP) is 2.78. The number of hydrogen-bond donors (Lipinski definition) is 0.